The average molecular weight is 692 g/mol. The monoisotopic (exact) mass is 691 g/mol. The van der Waals surface area contributed by atoms with Crippen LogP contribution in [0.2, 0.25) is 0 Å². The van der Waals surface area contributed by atoms with Gasteiger partial charge in [0.1, 0.15) is 23.0 Å². The maximum atomic E-state index is 14.5. The number of likely N-dealkylation sites (tertiary alicyclic amines) is 1. The van der Waals surface area contributed by atoms with Gasteiger partial charge in [0.05, 0.1) is 23.4 Å². The highest BCUT2D eigenvalue weighted by Gasteiger charge is 2.29. The Morgan fingerprint density at radius 3 is 2.47 bits per heavy atom. The molecule has 5 heterocycles. The van der Waals surface area contributed by atoms with Crippen LogP contribution in [0.1, 0.15) is 54.2 Å². The van der Waals surface area contributed by atoms with Gasteiger partial charge in [0.2, 0.25) is 0 Å². The van der Waals surface area contributed by atoms with Gasteiger partial charge in [0.25, 0.3) is 11.5 Å². The normalized spacial score (nSPS) is 19.5. The zero-order valence-corrected chi connectivity index (χ0v) is 27.6. The SMILES string of the molecule is O=C(NC1CCC(n2c(=O)c3cc(F)cnc3n(-c3cccc(-c4ccc(CN5CC[C@@H](O)C5)cc4)c3)c2=O)CC1)c1cn2cc(F)ccc2n1. The first-order valence-corrected chi connectivity index (χ1v) is 17.1. The Morgan fingerprint density at radius 2 is 1.71 bits per heavy atom. The Bertz CT molecular complexity index is 2400. The lowest BCUT2D eigenvalue weighted by Gasteiger charge is -2.30. The fourth-order valence-corrected chi connectivity index (χ4v) is 7.39. The fraction of sp³-hybridized carbons (Fsp3) is 0.289. The summed E-state index contributed by atoms with van der Waals surface area (Å²) < 4.78 is 32.1. The van der Waals surface area contributed by atoms with Crippen molar-refractivity contribution in [3.05, 3.63) is 129 Å². The minimum Gasteiger partial charge on any atom is -0.392 e. The number of fused-ring (bicyclic) bond motifs is 2. The number of carbonyl (C=O) groups is 1. The van der Waals surface area contributed by atoms with Crippen LogP contribution in [-0.2, 0) is 6.54 Å². The number of amides is 1. The van der Waals surface area contributed by atoms with Crippen LogP contribution in [-0.4, -0.2) is 64.7 Å². The molecule has 1 amide bonds. The fourth-order valence-electron chi connectivity index (χ4n) is 7.39. The number of carbonyl (C=O) groups excluding carboxylic acids is 1. The first kappa shape index (κ1) is 32.7. The van der Waals surface area contributed by atoms with Crippen LogP contribution in [0.25, 0.3) is 33.5 Å². The van der Waals surface area contributed by atoms with E-state index in [1.54, 1.807) is 6.07 Å². The molecule has 260 valence electrons. The number of nitrogens with zero attached hydrogens (tertiary/aromatic N) is 6. The Hall–Kier alpha value is -5.53. The molecule has 2 N–H and O–H groups in total. The summed E-state index contributed by atoms with van der Waals surface area (Å²) in [5.41, 5.74) is 2.89. The van der Waals surface area contributed by atoms with Crippen molar-refractivity contribution >= 4 is 22.6 Å². The van der Waals surface area contributed by atoms with Crippen molar-refractivity contribution in [2.75, 3.05) is 13.1 Å². The predicted molar refractivity (Wildman–Crippen MR) is 187 cm³/mol. The lowest BCUT2D eigenvalue weighted by molar-refractivity contribution is 0.0917. The molecule has 51 heavy (non-hydrogen) atoms. The van der Waals surface area contributed by atoms with Gasteiger partial charge in [-0.25, -0.2) is 28.1 Å². The van der Waals surface area contributed by atoms with Crippen LogP contribution in [0, 0.1) is 11.6 Å². The minimum atomic E-state index is -0.685. The second-order valence-electron chi connectivity index (χ2n) is 13.5. The van der Waals surface area contributed by atoms with Crippen molar-refractivity contribution in [2.24, 2.45) is 0 Å². The Morgan fingerprint density at radius 1 is 0.902 bits per heavy atom. The number of benzene rings is 2. The van der Waals surface area contributed by atoms with Crippen LogP contribution in [0.5, 0.6) is 0 Å². The van der Waals surface area contributed by atoms with Crippen molar-refractivity contribution in [1.29, 1.82) is 0 Å². The van der Waals surface area contributed by atoms with Gasteiger partial charge >= 0.3 is 5.69 Å². The Labute approximate surface area is 290 Å². The maximum absolute atomic E-state index is 14.5. The van der Waals surface area contributed by atoms with Crippen molar-refractivity contribution in [3.8, 4) is 16.8 Å². The molecular formula is C38H35F2N7O4. The van der Waals surface area contributed by atoms with E-state index in [1.165, 1.54) is 38.1 Å². The molecule has 1 aliphatic heterocycles. The van der Waals surface area contributed by atoms with Crippen LogP contribution in [0.3, 0.4) is 0 Å². The van der Waals surface area contributed by atoms with Crippen LogP contribution in [0.15, 0.2) is 94.9 Å². The predicted octanol–water partition coefficient (Wildman–Crippen LogP) is 4.62. The molecule has 13 heteroatoms. The highest BCUT2D eigenvalue weighted by Crippen LogP contribution is 2.29. The topological polar surface area (TPSA) is 127 Å². The molecule has 2 fully saturated rings. The molecule has 8 rings (SSSR count). The molecule has 1 saturated carbocycles. The van der Waals surface area contributed by atoms with E-state index in [2.05, 4.69) is 32.3 Å². The molecule has 1 aliphatic carbocycles. The Kier molecular flexibility index (Phi) is 8.52. The summed E-state index contributed by atoms with van der Waals surface area (Å²) >= 11 is 0. The van der Waals surface area contributed by atoms with Gasteiger partial charge in [-0.15, -0.1) is 0 Å². The number of aliphatic hydroxyl groups is 1. The lowest BCUT2D eigenvalue weighted by Crippen LogP contribution is -2.45. The third kappa shape index (κ3) is 6.46. The van der Waals surface area contributed by atoms with Gasteiger partial charge in [-0.3, -0.25) is 19.1 Å². The molecule has 6 aromatic rings. The van der Waals surface area contributed by atoms with Gasteiger partial charge in [-0.1, -0.05) is 36.4 Å². The van der Waals surface area contributed by atoms with E-state index in [0.717, 1.165) is 48.5 Å². The molecular weight excluding hydrogens is 656 g/mol. The minimum absolute atomic E-state index is 0.00454. The number of halogens is 2. The van der Waals surface area contributed by atoms with E-state index < -0.39 is 34.8 Å². The standard InChI is InChI=1S/C38H35F2N7O4/c39-26-8-13-34-43-33(22-45(34)20-26)36(49)42-28-9-11-29(12-10-28)47-37(50)32-17-27(40)18-41-35(32)46(38(47)51)30-3-1-2-25(16-30)24-6-4-23(5-7-24)19-44-15-14-31(48)21-44/h1-8,13,16-18,20,22,28-29,31,48H,9-12,14-15,19,21H2,(H,42,49)/t28?,29?,31-/m1/s1. The number of β-amino-alcohol motifs (C(OH)–C–C–N with tert-alkyl or cyclic N) is 1. The number of aliphatic hydroxyl groups excluding tert-OH is 1. The number of rotatable bonds is 7. The highest BCUT2D eigenvalue weighted by molar-refractivity contribution is 5.93. The number of hydrogen-bond donors (Lipinski definition) is 2. The van der Waals surface area contributed by atoms with E-state index >= 15 is 0 Å². The third-order valence-electron chi connectivity index (χ3n) is 9.98. The van der Waals surface area contributed by atoms with E-state index in [9.17, 15) is 28.3 Å². The second-order valence-corrected chi connectivity index (χ2v) is 13.5. The molecule has 0 bridgehead atoms. The molecule has 1 atom stereocenters. The molecule has 2 aromatic carbocycles. The molecule has 11 nitrogen and oxygen atoms in total. The van der Waals surface area contributed by atoms with Gasteiger partial charge < -0.3 is 14.8 Å². The molecule has 4 aromatic heterocycles. The summed E-state index contributed by atoms with van der Waals surface area (Å²) in [4.78, 5) is 51.8. The second kappa shape index (κ2) is 13.3. The number of hydrogen-bond acceptors (Lipinski definition) is 7. The van der Waals surface area contributed by atoms with Crippen LogP contribution < -0.4 is 16.6 Å². The van der Waals surface area contributed by atoms with Gasteiger partial charge in [0.15, 0.2) is 5.65 Å². The number of pyridine rings is 2. The van der Waals surface area contributed by atoms with Crippen molar-refractivity contribution in [3.63, 3.8) is 0 Å². The average Bonchev–Trinajstić information content (AvgIpc) is 3.75. The smallest absolute Gasteiger partial charge is 0.337 e. The third-order valence-corrected chi connectivity index (χ3v) is 9.98. The van der Waals surface area contributed by atoms with Gasteiger partial charge in [-0.05, 0) is 79.1 Å². The number of imidazole rings is 1. The summed E-state index contributed by atoms with van der Waals surface area (Å²) in [6.07, 6.45) is 6.05. The number of nitrogens with one attached hydrogen (secondary N) is 1. The molecule has 2 aliphatic rings. The quantitative estimate of drug-likeness (QED) is 0.250. The lowest BCUT2D eigenvalue weighted by atomic mass is 9.90. The van der Waals surface area contributed by atoms with Gasteiger partial charge in [-0.2, -0.15) is 0 Å². The summed E-state index contributed by atoms with van der Waals surface area (Å²) in [7, 11) is 0. The maximum Gasteiger partial charge on any atom is 0.337 e. The van der Waals surface area contributed by atoms with Crippen molar-refractivity contribution in [2.45, 2.75) is 56.8 Å². The summed E-state index contributed by atoms with van der Waals surface area (Å²) in [6.45, 7) is 2.28. The molecule has 1 saturated heterocycles. The summed E-state index contributed by atoms with van der Waals surface area (Å²) in [5.74, 6) is -1.52. The number of aromatic nitrogens is 5. The van der Waals surface area contributed by atoms with Crippen molar-refractivity contribution < 1.29 is 18.7 Å². The van der Waals surface area contributed by atoms with E-state index in [1.807, 2.05) is 30.3 Å². The van der Waals surface area contributed by atoms with Gasteiger partial charge in [0, 0.05) is 44.1 Å². The molecule has 0 radical (unpaired) electrons. The van der Waals surface area contributed by atoms with Crippen molar-refractivity contribution in [1.82, 2.24) is 33.7 Å². The largest absolute Gasteiger partial charge is 0.392 e. The summed E-state index contributed by atoms with van der Waals surface area (Å²) in [6, 6.07) is 18.7. The first-order chi connectivity index (χ1) is 24.7. The van der Waals surface area contributed by atoms with Crippen LogP contribution in [0.4, 0.5) is 8.78 Å². The zero-order chi connectivity index (χ0) is 35.2. The first-order valence-electron chi connectivity index (χ1n) is 17.1. The zero-order valence-electron chi connectivity index (χ0n) is 27.6. The Balaban J connectivity index is 1.05. The van der Waals surface area contributed by atoms with Crippen LogP contribution >= 0.6 is 0 Å². The van der Waals surface area contributed by atoms with E-state index in [-0.39, 0.29) is 28.9 Å². The van der Waals surface area contributed by atoms with E-state index in [4.69, 9.17) is 0 Å². The molecule has 0 spiro atoms. The highest BCUT2D eigenvalue weighted by atomic mass is 19.1. The molecule has 0 unspecified atom stereocenters. The van der Waals surface area contributed by atoms with E-state index in [0.29, 0.717) is 43.6 Å². The summed E-state index contributed by atoms with van der Waals surface area (Å²) in [5, 5.41) is 12.8.